The Hall–Kier alpha value is -1.91. The summed E-state index contributed by atoms with van der Waals surface area (Å²) >= 11 is 0. The summed E-state index contributed by atoms with van der Waals surface area (Å²) in [6, 6.07) is 12.9. The van der Waals surface area contributed by atoms with Crippen LogP contribution in [0.3, 0.4) is 0 Å². The minimum Gasteiger partial charge on any atom is -0.493 e. The lowest BCUT2D eigenvalue weighted by molar-refractivity contribution is 0.300. The van der Waals surface area contributed by atoms with Crippen LogP contribution >= 0.6 is 0 Å². The molecule has 0 saturated heterocycles. The summed E-state index contributed by atoms with van der Waals surface area (Å²) in [7, 11) is 0. The van der Waals surface area contributed by atoms with Crippen LogP contribution in [0.15, 0.2) is 42.5 Å². The first-order valence-electron chi connectivity index (χ1n) is 6.64. The predicted molar refractivity (Wildman–Crippen MR) is 75.9 cm³/mol. The minimum atomic E-state index is -0.213. The van der Waals surface area contributed by atoms with E-state index in [1.54, 1.807) is 19.1 Å². The number of para-hydroxylation sites is 1. The van der Waals surface area contributed by atoms with Crippen molar-refractivity contribution in [2.75, 3.05) is 6.61 Å². The number of hydrazine groups is 1. The molecule has 0 amide bonds. The second kappa shape index (κ2) is 5.23. The lowest BCUT2D eigenvalue weighted by atomic mass is 9.88. The first-order chi connectivity index (χ1) is 9.70. The number of ether oxygens (including phenoxy) is 1. The highest BCUT2D eigenvalue weighted by atomic mass is 19.1. The van der Waals surface area contributed by atoms with Crippen LogP contribution in [0, 0.1) is 12.7 Å². The Morgan fingerprint density at radius 2 is 2.10 bits per heavy atom. The van der Waals surface area contributed by atoms with Gasteiger partial charge in [-0.1, -0.05) is 30.3 Å². The summed E-state index contributed by atoms with van der Waals surface area (Å²) in [5, 5.41) is 0. The lowest BCUT2D eigenvalue weighted by Crippen LogP contribution is -2.33. The number of rotatable bonds is 3. The topological polar surface area (TPSA) is 47.3 Å². The molecule has 0 aliphatic carbocycles. The van der Waals surface area contributed by atoms with Crippen molar-refractivity contribution in [1.29, 1.82) is 0 Å². The summed E-state index contributed by atoms with van der Waals surface area (Å²) in [6.45, 7) is 2.29. The number of fused-ring (bicyclic) bond motifs is 1. The Balaban J connectivity index is 1.97. The van der Waals surface area contributed by atoms with Gasteiger partial charge in [-0.3, -0.25) is 11.3 Å². The summed E-state index contributed by atoms with van der Waals surface area (Å²) in [4.78, 5) is 0. The third kappa shape index (κ3) is 2.17. The molecule has 4 heteroatoms. The standard InChI is InChI=1S/C16H17FN2O/c1-10-6-7-11(8-14(10)17)16(19-18)13-9-20-15-5-3-2-4-12(13)15/h2-8,13,16,19H,9,18H2,1H3. The molecule has 0 radical (unpaired) electrons. The van der Waals surface area contributed by atoms with Crippen LogP contribution in [0.4, 0.5) is 4.39 Å². The van der Waals surface area contributed by atoms with Crippen molar-refractivity contribution < 1.29 is 9.13 Å². The van der Waals surface area contributed by atoms with Crippen molar-refractivity contribution in [2.24, 2.45) is 5.84 Å². The van der Waals surface area contributed by atoms with Crippen LogP contribution in [0.5, 0.6) is 5.75 Å². The summed E-state index contributed by atoms with van der Waals surface area (Å²) in [5.41, 5.74) is 5.38. The van der Waals surface area contributed by atoms with Crippen LogP contribution in [-0.2, 0) is 0 Å². The molecule has 0 spiro atoms. The number of nitrogens with two attached hydrogens (primary N) is 1. The van der Waals surface area contributed by atoms with Gasteiger partial charge in [0.2, 0.25) is 0 Å². The van der Waals surface area contributed by atoms with E-state index in [2.05, 4.69) is 5.43 Å². The normalized spacial score (nSPS) is 18.4. The van der Waals surface area contributed by atoms with E-state index >= 15 is 0 Å². The number of hydrogen-bond acceptors (Lipinski definition) is 3. The number of hydrogen-bond donors (Lipinski definition) is 2. The van der Waals surface area contributed by atoms with E-state index in [1.165, 1.54) is 0 Å². The van der Waals surface area contributed by atoms with Gasteiger partial charge in [0.1, 0.15) is 11.6 Å². The average Bonchev–Trinajstić information content (AvgIpc) is 2.88. The molecule has 2 unspecified atom stereocenters. The molecule has 2 atom stereocenters. The van der Waals surface area contributed by atoms with Gasteiger partial charge >= 0.3 is 0 Å². The first-order valence-corrected chi connectivity index (χ1v) is 6.64. The fourth-order valence-electron chi connectivity index (χ4n) is 2.71. The quantitative estimate of drug-likeness (QED) is 0.667. The van der Waals surface area contributed by atoms with Gasteiger partial charge in [-0.05, 0) is 30.2 Å². The van der Waals surface area contributed by atoms with Crippen molar-refractivity contribution in [1.82, 2.24) is 5.43 Å². The Kier molecular flexibility index (Phi) is 3.42. The van der Waals surface area contributed by atoms with E-state index in [-0.39, 0.29) is 17.8 Å². The van der Waals surface area contributed by atoms with E-state index in [9.17, 15) is 4.39 Å². The molecular formula is C16H17FN2O. The van der Waals surface area contributed by atoms with Gasteiger partial charge in [0.05, 0.1) is 12.6 Å². The monoisotopic (exact) mass is 272 g/mol. The van der Waals surface area contributed by atoms with Gasteiger partial charge in [0.25, 0.3) is 0 Å². The van der Waals surface area contributed by atoms with E-state index in [0.29, 0.717) is 12.2 Å². The van der Waals surface area contributed by atoms with E-state index < -0.39 is 0 Å². The minimum absolute atomic E-state index is 0.0818. The zero-order valence-electron chi connectivity index (χ0n) is 11.3. The van der Waals surface area contributed by atoms with Crippen LogP contribution < -0.4 is 16.0 Å². The van der Waals surface area contributed by atoms with Crippen molar-refractivity contribution >= 4 is 0 Å². The predicted octanol–water partition coefficient (Wildman–Crippen LogP) is 2.81. The zero-order chi connectivity index (χ0) is 14.1. The van der Waals surface area contributed by atoms with Crippen molar-refractivity contribution in [3.8, 4) is 5.75 Å². The molecule has 20 heavy (non-hydrogen) atoms. The number of benzene rings is 2. The van der Waals surface area contributed by atoms with Gasteiger partial charge in [0, 0.05) is 11.5 Å². The maximum atomic E-state index is 13.8. The molecule has 1 aliphatic heterocycles. The molecule has 3 rings (SSSR count). The van der Waals surface area contributed by atoms with Gasteiger partial charge in [-0.2, -0.15) is 0 Å². The highest BCUT2D eigenvalue weighted by Gasteiger charge is 2.31. The molecule has 3 nitrogen and oxygen atoms in total. The van der Waals surface area contributed by atoms with E-state index in [4.69, 9.17) is 10.6 Å². The molecular weight excluding hydrogens is 255 g/mol. The number of nitrogens with one attached hydrogen (secondary N) is 1. The summed E-state index contributed by atoms with van der Waals surface area (Å²) in [6.07, 6.45) is 0. The molecule has 1 heterocycles. The van der Waals surface area contributed by atoms with Crippen molar-refractivity contribution in [3.05, 3.63) is 65.0 Å². The lowest BCUT2D eigenvalue weighted by Gasteiger charge is -2.22. The van der Waals surface area contributed by atoms with Crippen LogP contribution in [0.25, 0.3) is 0 Å². The molecule has 104 valence electrons. The molecule has 2 aromatic rings. The number of aryl methyl sites for hydroxylation is 1. The SMILES string of the molecule is Cc1ccc(C(NN)C2COc3ccccc32)cc1F. The molecule has 0 fully saturated rings. The Labute approximate surface area is 117 Å². The molecule has 1 aliphatic rings. The first kappa shape index (κ1) is 13.1. The molecule has 0 bridgehead atoms. The maximum absolute atomic E-state index is 13.8. The molecule has 0 saturated carbocycles. The summed E-state index contributed by atoms with van der Waals surface area (Å²) < 4.78 is 19.4. The number of halogens is 1. The van der Waals surface area contributed by atoms with Gasteiger partial charge in [-0.25, -0.2) is 4.39 Å². The van der Waals surface area contributed by atoms with E-state index in [0.717, 1.165) is 16.9 Å². The smallest absolute Gasteiger partial charge is 0.126 e. The fraction of sp³-hybridized carbons (Fsp3) is 0.250. The third-order valence-corrected chi connectivity index (χ3v) is 3.87. The fourth-order valence-corrected chi connectivity index (χ4v) is 2.71. The molecule has 3 N–H and O–H groups in total. The van der Waals surface area contributed by atoms with Gasteiger partial charge in [-0.15, -0.1) is 0 Å². The Morgan fingerprint density at radius 1 is 1.30 bits per heavy atom. The Bertz CT molecular complexity index is 630. The second-order valence-corrected chi connectivity index (χ2v) is 5.11. The molecule has 2 aromatic carbocycles. The third-order valence-electron chi connectivity index (χ3n) is 3.87. The van der Waals surface area contributed by atoms with Crippen LogP contribution in [0.2, 0.25) is 0 Å². The average molecular weight is 272 g/mol. The second-order valence-electron chi connectivity index (χ2n) is 5.11. The highest BCUT2D eigenvalue weighted by Crippen LogP contribution is 2.40. The molecule has 0 aromatic heterocycles. The van der Waals surface area contributed by atoms with Gasteiger partial charge in [0.15, 0.2) is 0 Å². The Morgan fingerprint density at radius 3 is 2.85 bits per heavy atom. The van der Waals surface area contributed by atoms with Gasteiger partial charge < -0.3 is 4.74 Å². The van der Waals surface area contributed by atoms with Crippen LogP contribution in [0.1, 0.15) is 28.7 Å². The van der Waals surface area contributed by atoms with Crippen LogP contribution in [-0.4, -0.2) is 6.61 Å². The van der Waals surface area contributed by atoms with E-state index in [1.807, 2.05) is 30.3 Å². The summed E-state index contributed by atoms with van der Waals surface area (Å²) in [5.74, 6) is 6.45. The largest absolute Gasteiger partial charge is 0.493 e. The zero-order valence-corrected chi connectivity index (χ0v) is 11.3. The van der Waals surface area contributed by atoms with Crippen molar-refractivity contribution in [2.45, 2.75) is 18.9 Å². The highest BCUT2D eigenvalue weighted by molar-refractivity contribution is 5.42. The maximum Gasteiger partial charge on any atom is 0.126 e. The van der Waals surface area contributed by atoms with Crippen molar-refractivity contribution in [3.63, 3.8) is 0 Å².